The topological polar surface area (TPSA) is 86.8 Å². The zero-order valence-electron chi connectivity index (χ0n) is 24.5. The van der Waals surface area contributed by atoms with Gasteiger partial charge >= 0.3 is 0 Å². The molecule has 0 bridgehead atoms. The molecule has 1 aliphatic rings. The van der Waals surface area contributed by atoms with Crippen molar-refractivity contribution >= 4 is 61.5 Å². The molecule has 4 aromatic rings. The number of fused-ring (bicyclic) bond motifs is 1. The normalized spacial score (nSPS) is 14.3. The van der Waals surface area contributed by atoms with E-state index < -0.39 is 28.5 Å². The van der Waals surface area contributed by atoms with Crippen molar-refractivity contribution in [1.82, 2.24) is 10.2 Å². The van der Waals surface area contributed by atoms with Gasteiger partial charge in [0.25, 0.3) is 0 Å². The standard InChI is InChI=1S/C34H35Cl2N3O4S/c1-44(42,43)39(31-17-9-13-25-12-5-8-16-29(25)31)23-33(40)38(22-26-18-19-27(35)21-30(26)36)32(20-24-10-3-2-4-11-24)34(41)37-28-14-6-7-15-28/h2-5,8-13,16-19,21,28,32H,6-7,14-15,20,22-23H2,1H3,(H,37,41). The van der Waals surface area contributed by atoms with Gasteiger partial charge in [-0.25, -0.2) is 8.42 Å². The number of carbonyl (C=O) groups is 2. The minimum atomic E-state index is -3.91. The summed E-state index contributed by atoms with van der Waals surface area (Å²) in [6.45, 7) is -0.516. The van der Waals surface area contributed by atoms with Crippen LogP contribution in [0.5, 0.6) is 0 Å². The Bertz CT molecular complexity index is 1740. The maximum atomic E-state index is 14.4. The first-order valence-corrected chi connectivity index (χ1v) is 17.2. The summed E-state index contributed by atoms with van der Waals surface area (Å²) >= 11 is 12.7. The maximum absolute atomic E-state index is 14.4. The predicted molar refractivity (Wildman–Crippen MR) is 177 cm³/mol. The van der Waals surface area contributed by atoms with Crippen molar-refractivity contribution in [3.05, 3.63) is 112 Å². The fourth-order valence-corrected chi connectivity index (χ4v) is 7.11. The number of amides is 2. The number of sulfonamides is 1. The third kappa shape index (κ3) is 7.73. The summed E-state index contributed by atoms with van der Waals surface area (Å²) in [7, 11) is -3.91. The molecular formula is C34H35Cl2N3O4S. The van der Waals surface area contributed by atoms with Gasteiger partial charge in [0.05, 0.1) is 11.9 Å². The van der Waals surface area contributed by atoms with Crippen LogP contribution in [0.1, 0.15) is 36.8 Å². The molecule has 1 atom stereocenters. The second-order valence-corrected chi connectivity index (χ2v) is 14.0. The number of anilines is 1. The van der Waals surface area contributed by atoms with Crippen LogP contribution >= 0.6 is 23.2 Å². The third-order valence-electron chi connectivity index (χ3n) is 8.04. The van der Waals surface area contributed by atoms with E-state index in [0.29, 0.717) is 26.7 Å². The average molecular weight is 653 g/mol. The van der Waals surface area contributed by atoms with Crippen molar-refractivity contribution < 1.29 is 18.0 Å². The molecule has 44 heavy (non-hydrogen) atoms. The number of hydrogen-bond donors (Lipinski definition) is 1. The van der Waals surface area contributed by atoms with Crippen molar-refractivity contribution in [2.24, 2.45) is 0 Å². The van der Waals surface area contributed by atoms with Gasteiger partial charge in [0.2, 0.25) is 21.8 Å². The van der Waals surface area contributed by atoms with E-state index in [-0.39, 0.29) is 24.9 Å². The van der Waals surface area contributed by atoms with Crippen LogP contribution in [0.15, 0.2) is 91.0 Å². The Balaban J connectivity index is 1.56. The van der Waals surface area contributed by atoms with Crippen LogP contribution in [0.25, 0.3) is 10.8 Å². The SMILES string of the molecule is CS(=O)(=O)N(CC(=O)N(Cc1ccc(Cl)cc1Cl)C(Cc1ccccc1)C(=O)NC1CCCC1)c1cccc2ccccc12. The van der Waals surface area contributed by atoms with Gasteiger partial charge in [0.1, 0.15) is 12.6 Å². The van der Waals surface area contributed by atoms with Gasteiger partial charge in [-0.05, 0) is 47.6 Å². The molecule has 7 nitrogen and oxygen atoms in total. The van der Waals surface area contributed by atoms with E-state index in [9.17, 15) is 18.0 Å². The van der Waals surface area contributed by atoms with Crippen LogP contribution < -0.4 is 9.62 Å². The molecule has 0 spiro atoms. The van der Waals surface area contributed by atoms with E-state index in [0.717, 1.165) is 47.2 Å². The lowest BCUT2D eigenvalue weighted by Crippen LogP contribution is -2.54. The zero-order chi connectivity index (χ0) is 31.3. The molecule has 5 rings (SSSR count). The van der Waals surface area contributed by atoms with Gasteiger partial charge in [0, 0.05) is 34.4 Å². The highest BCUT2D eigenvalue weighted by Gasteiger charge is 2.34. The molecule has 0 aliphatic heterocycles. The number of hydrogen-bond acceptors (Lipinski definition) is 4. The van der Waals surface area contributed by atoms with E-state index in [1.807, 2.05) is 60.7 Å². The monoisotopic (exact) mass is 651 g/mol. The second kappa shape index (κ2) is 14.0. The molecule has 1 fully saturated rings. The summed E-state index contributed by atoms with van der Waals surface area (Å²) in [5.41, 5.74) is 1.85. The van der Waals surface area contributed by atoms with Gasteiger partial charge in [0.15, 0.2) is 0 Å². The highest BCUT2D eigenvalue weighted by Crippen LogP contribution is 2.30. The van der Waals surface area contributed by atoms with E-state index in [1.54, 1.807) is 30.3 Å². The van der Waals surface area contributed by atoms with E-state index in [2.05, 4.69) is 5.32 Å². The van der Waals surface area contributed by atoms with E-state index in [1.165, 1.54) is 4.90 Å². The fraction of sp³-hybridized carbons (Fsp3) is 0.294. The number of rotatable bonds is 11. The Morgan fingerprint density at radius 3 is 2.30 bits per heavy atom. The van der Waals surface area contributed by atoms with Crippen molar-refractivity contribution in [3.63, 3.8) is 0 Å². The first kappa shape index (κ1) is 31.8. The smallest absolute Gasteiger partial charge is 0.244 e. The third-order valence-corrected chi connectivity index (χ3v) is 9.76. The van der Waals surface area contributed by atoms with Crippen molar-refractivity contribution in [2.75, 3.05) is 17.1 Å². The minimum absolute atomic E-state index is 0.0163. The van der Waals surface area contributed by atoms with E-state index in [4.69, 9.17) is 23.2 Å². The van der Waals surface area contributed by atoms with Gasteiger partial charge in [-0.15, -0.1) is 0 Å². The minimum Gasteiger partial charge on any atom is -0.352 e. The molecule has 0 aromatic heterocycles. The fourth-order valence-electron chi connectivity index (χ4n) is 5.78. The highest BCUT2D eigenvalue weighted by atomic mass is 35.5. The van der Waals surface area contributed by atoms with Crippen LogP contribution in [-0.2, 0) is 32.6 Å². The largest absolute Gasteiger partial charge is 0.352 e. The number of nitrogens with one attached hydrogen (secondary N) is 1. The van der Waals surface area contributed by atoms with Crippen LogP contribution in [0.2, 0.25) is 10.0 Å². The zero-order valence-corrected chi connectivity index (χ0v) is 26.8. The molecule has 0 heterocycles. The Hall–Kier alpha value is -3.59. The quantitative estimate of drug-likeness (QED) is 0.198. The van der Waals surface area contributed by atoms with Gasteiger partial charge in [-0.1, -0.05) is 109 Å². The maximum Gasteiger partial charge on any atom is 0.244 e. The van der Waals surface area contributed by atoms with Gasteiger partial charge in [-0.2, -0.15) is 0 Å². The van der Waals surface area contributed by atoms with Crippen molar-refractivity contribution in [3.8, 4) is 0 Å². The van der Waals surface area contributed by atoms with Crippen LogP contribution in [0.4, 0.5) is 5.69 Å². The average Bonchev–Trinajstić information content (AvgIpc) is 3.51. The summed E-state index contributed by atoms with van der Waals surface area (Å²) in [4.78, 5) is 29.9. The number of benzene rings is 4. The molecule has 1 unspecified atom stereocenters. The molecule has 2 amide bonds. The highest BCUT2D eigenvalue weighted by molar-refractivity contribution is 7.92. The van der Waals surface area contributed by atoms with Gasteiger partial charge in [-0.3, -0.25) is 13.9 Å². The molecule has 0 radical (unpaired) electrons. The van der Waals surface area contributed by atoms with E-state index >= 15 is 0 Å². The summed E-state index contributed by atoms with van der Waals surface area (Å²) in [6.07, 6.45) is 5.14. The predicted octanol–water partition coefficient (Wildman–Crippen LogP) is 6.61. The molecule has 1 saturated carbocycles. The lowest BCUT2D eigenvalue weighted by atomic mass is 10.0. The van der Waals surface area contributed by atoms with Crippen molar-refractivity contribution in [1.29, 1.82) is 0 Å². The lowest BCUT2D eigenvalue weighted by Gasteiger charge is -2.34. The summed E-state index contributed by atoms with van der Waals surface area (Å²) in [5.74, 6) is -0.813. The summed E-state index contributed by atoms with van der Waals surface area (Å²) < 4.78 is 27.6. The summed E-state index contributed by atoms with van der Waals surface area (Å²) in [6, 6.07) is 26.3. The number of carbonyl (C=O) groups excluding carboxylic acids is 2. The first-order chi connectivity index (χ1) is 21.1. The second-order valence-electron chi connectivity index (χ2n) is 11.2. The molecule has 230 valence electrons. The molecular weight excluding hydrogens is 617 g/mol. The molecule has 10 heteroatoms. The first-order valence-electron chi connectivity index (χ1n) is 14.6. The Kier molecular flexibility index (Phi) is 10.1. The van der Waals surface area contributed by atoms with Crippen LogP contribution in [-0.4, -0.2) is 50.0 Å². The molecule has 4 aromatic carbocycles. The van der Waals surface area contributed by atoms with Crippen LogP contribution in [0, 0.1) is 0 Å². The molecule has 1 aliphatic carbocycles. The number of nitrogens with zero attached hydrogens (tertiary/aromatic N) is 2. The van der Waals surface area contributed by atoms with Crippen LogP contribution in [0.3, 0.4) is 0 Å². The van der Waals surface area contributed by atoms with Crippen molar-refractivity contribution in [2.45, 2.75) is 50.7 Å². The lowest BCUT2D eigenvalue weighted by molar-refractivity contribution is -0.140. The van der Waals surface area contributed by atoms with Gasteiger partial charge < -0.3 is 10.2 Å². The molecule has 0 saturated heterocycles. The Morgan fingerprint density at radius 2 is 1.59 bits per heavy atom. The Morgan fingerprint density at radius 1 is 0.909 bits per heavy atom. The number of halogens is 2. The Labute approximate surface area is 268 Å². The summed E-state index contributed by atoms with van der Waals surface area (Å²) in [5, 5.41) is 5.49. The molecule has 1 N–H and O–H groups in total.